The molecule has 5 heteroatoms. The van der Waals surface area contributed by atoms with Gasteiger partial charge in [0.05, 0.1) is 29.1 Å². The van der Waals surface area contributed by atoms with E-state index < -0.39 is 0 Å². The van der Waals surface area contributed by atoms with Gasteiger partial charge in [0.1, 0.15) is 0 Å². The second kappa shape index (κ2) is 4.76. The number of carbonyl (C=O) groups excluding carboxylic acids is 1. The zero-order chi connectivity index (χ0) is 11.5. The van der Waals surface area contributed by atoms with Gasteiger partial charge in [-0.25, -0.2) is 4.98 Å². The number of methoxy groups -OCH3 is 1. The molecular formula is C11H11NO2S2. The molecule has 0 saturated carbocycles. The van der Waals surface area contributed by atoms with Gasteiger partial charge in [0.15, 0.2) is 0 Å². The highest BCUT2D eigenvalue weighted by molar-refractivity contribution is 7.16. The van der Waals surface area contributed by atoms with Crippen LogP contribution < -0.4 is 0 Å². The number of thiazole rings is 1. The van der Waals surface area contributed by atoms with Gasteiger partial charge >= 0.3 is 5.97 Å². The lowest BCUT2D eigenvalue weighted by Gasteiger charge is -1.94. The van der Waals surface area contributed by atoms with Crippen LogP contribution in [0.15, 0.2) is 17.5 Å². The van der Waals surface area contributed by atoms with Gasteiger partial charge in [0.25, 0.3) is 0 Å². The lowest BCUT2D eigenvalue weighted by atomic mass is 10.3. The Morgan fingerprint density at radius 3 is 2.94 bits per heavy atom. The number of aryl methyl sites for hydroxylation is 1. The van der Waals surface area contributed by atoms with Crippen molar-refractivity contribution >= 4 is 28.6 Å². The molecule has 2 aromatic heterocycles. The maximum atomic E-state index is 11.1. The molecule has 2 aromatic rings. The summed E-state index contributed by atoms with van der Waals surface area (Å²) in [6, 6.07) is 3.95. The number of ether oxygens (including phenoxy) is 1. The second-order valence-electron chi connectivity index (χ2n) is 3.27. The van der Waals surface area contributed by atoms with Crippen LogP contribution in [0.4, 0.5) is 0 Å². The molecule has 0 unspecified atom stereocenters. The van der Waals surface area contributed by atoms with Gasteiger partial charge in [-0.15, -0.1) is 22.7 Å². The number of carbonyl (C=O) groups is 1. The van der Waals surface area contributed by atoms with E-state index in [4.69, 9.17) is 0 Å². The second-order valence-corrected chi connectivity index (χ2v) is 5.50. The van der Waals surface area contributed by atoms with Crippen molar-refractivity contribution in [1.29, 1.82) is 0 Å². The van der Waals surface area contributed by atoms with Gasteiger partial charge in [-0.2, -0.15) is 0 Å². The predicted molar refractivity (Wildman–Crippen MR) is 65.9 cm³/mol. The third-order valence-corrected chi connectivity index (χ3v) is 3.96. The molecule has 2 rings (SSSR count). The average Bonchev–Trinajstić information content (AvgIpc) is 2.87. The molecular weight excluding hydrogens is 242 g/mol. The first-order chi connectivity index (χ1) is 7.69. The third kappa shape index (κ3) is 2.48. The normalized spacial score (nSPS) is 10.4. The molecule has 0 fully saturated rings. The standard InChI is InChI=1S/C11H11NO2S2/c1-7-12-9(6-15-7)10-4-3-8(16-10)5-11(13)14-2/h3-4,6H,5H2,1-2H3. The van der Waals surface area contributed by atoms with Crippen LogP contribution in [0.3, 0.4) is 0 Å². The van der Waals surface area contributed by atoms with Crippen LogP contribution in [0, 0.1) is 6.92 Å². The molecule has 16 heavy (non-hydrogen) atoms. The van der Waals surface area contributed by atoms with Crippen molar-refractivity contribution in [2.24, 2.45) is 0 Å². The molecule has 0 aromatic carbocycles. The molecule has 0 aliphatic carbocycles. The monoisotopic (exact) mass is 253 g/mol. The predicted octanol–water partition coefficient (Wildman–Crippen LogP) is 2.90. The third-order valence-electron chi connectivity index (χ3n) is 2.08. The van der Waals surface area contributed by atoms with Crippen molar-refractivity contribution in [1.82, 2.24) is 4.98 Å². The Morgan fingerprint density at radius 2 is 2.31 bits per heavy atom. The maximum absolute atomic E-state index is 11.1. The lowest BCUT2D eigenvalue weighted by molar-refractivity contribution is -0.139. The van der Waals surface area contributed by atoms with Gasteiger partial charge in [-0.1, -0.05) is 0 Å². The minimum Gasteiger partial charge on any atom is -0.469 e. The maximum Gasteiger partial charge on any atom is 0.310 e. The summed E-state index contributed by atoms with van der Waals surface area (Å²) in [6.07, 6.45) is 0.338. The highest BCUT2D eigenvalue weighted by Crippen LogP contribution is 2.29. The highest BCUT2D eigenvalue weighted by atomic mass is 32.1. The number of esters is 1. The Balaban J connectivity index is 2.16. The molecule has 0 radical (unpaired) electrons. The Morgan fingerprint density at radius 1 is 1.50 bits per heavy atom. The molecule has 3 nitrogen and oxygen atoms in total. The Hall–Kier alpha value is -1.20. The first-order valence-electron chi connectivity index (χ1n) is 4.77. The van der Waals surface area contributed by atoms with E-state index in [9.17, 15) is 4.79 Å². The van der Waals surface area contributed by atoms with E-state index in [1.165, 1.54) is 7.11 Å². The van der Waals surface area contributed by atoms with Crippen LogP contribution in [0.2, 0.25) is 0 Å². The van der Waals surface area contributed by atoms with Crippen LogP contribution in [0.25, 0.3) is 10.6 Å². The van der Waals surface area contributed by atoms with E-state index in [2.05, 4.69) is 9.72 Å². The molecule has 84 valence electrons. The fourth-order valence-corrected chi connectivity index (χ4v) is 2.94. The van der Waals surface area contributed by atoms with Crippen molar-refractivity contribution in [3.8, 4) is 10.6 Å². The minimum atomic E-state index is -0.206. The van der Waals surface area contributed by atoms with Crippen LogP contribution >= 0.6 is 22.7 Å². The summed E-state index contributed by atoms with van der Waals surface area (Å²) >= 11 is 3.22. The first kappa shape index (κ1) is 11.3. The number of nitrogens with zero attached hydrogens (tertiary/aromatic N) is 1. The fourth-order valence-electron chi connectivity index (χ4n) is 1.30. The Kier molecular flexibility index (Phi) is 3.36. The van der Waals surface area contributed by atoms with Gasteiger partial charge in [-0.05, 0) is 19.1 Å². The molecule has 0 amide bonds. The number of thiophene rings is 1. The number of rotatable bonds is 3. The molecule has 0 N–H and O–H groups in total. The van der Waals surface area contributed by atoms with Crippen molar-refractivity contribution < 1.29 is 9.53 Å². The molecule has 0 atom stereocenters. The molecule has 0 saturated heterocycles. The van der Waals surface area contributed by atoms with E-state index in [0.29, 0.717) is 6.42 Å². The Bertz CT molecular complexity index is 502. The summed E-state index contributed by atoms with van der Waals surface area (Å²) in [5.74, 6) is -0.206. The molecule has 2 heterocycles. The molecule has 0 aliphatic heterocycles. The summed E-state index contributed by atoms with van der Waals surface area (Å²) in [4.78, 5) is 17.6. The van der Waals surface area contributed by atoms with Gasteiger partial charge in [0, 0.05) is 10.3 Å². The zero-order valence-corrected chi connectivity index (χ0v) is 10.7. The summed E-state index contributed by atoms with van der Waals surface area (Å²) in [5, 5.41) is 3.08. The number of hydrogen-bond acceptors (Lipinski definition) is 5. The quantitative estimate of drug-likeness (QED) is 0.790. The number of aromatic nitrogens is 1. The lowest BCUT2D eigenvalue weighted by Crippen LogP contribution is -2.02. The van der Waals surface area contributed by atoms with Crippen molar-refractivity contribution in [3.05, 3.63) is 27.4 Å². The topological polar surface area (TPSA) is 39.2 Å². The van der Waals surface area contributed by atoms with E-state index in [-0.39, 0.29) is 5.97 Å². The first-order valence-corrected chi connectivity index (χ1v) is 6.46. The molecule has 0 bridgehead atoms. The van der Waals surface area contributed by atoms with Gasteiger partial charge in [-0.3, -0.25) is 4.79 Å². The van der Waals surface area contributed by atoms with Crippen LogP contribution in [0.1, 0.15) is 9.88 Å². The van der Waals surface area contributed by atoms with Gasteiger partial charge in [0.2, 0.25) is 0 Å². The number of hydrogen-bond donors (Lipinski definition) is 0. The van der Waals surface area contributed by atoms with E-state index in [1.807, 2.05) is 24.4 Å². The SMILES string of the molecule is COC(=O)Cc1ccc(-c2csc(C)n2)s1. The molecule has 0 aliphatic rings. The zero-order valence-electron chi connectivity index (χ0n) is 9.02. The van der Waals surface area contributed by atoms with Crippen LogP contribution in [-0.2, 0) is 16.0 Å². The smallest absolute Gasteiger partial charge is 0.310 e. The molecule has 0 spiro atoms. The van der Waals surface area contributed by atoms with Gasteiger partial charge < -0.3 is 4.74 Å². The van der Waals surface area contributed by atoms with Crippen molar-refractivity contribution in [3.63, 3.8) is 0 Å². The summed E-state index contributed by atoms with van der Waals surface area (Å²) in [7, 11) is 1.40. The van der Waals surface area contributed by atoms with Crippen LogP contribution in [-0.4, -0.2) is 18.1 Å². The fraction of sp³-hybridized carbons (Fsp3) is 0.273. The van der Waals surface area contributed by atoms with E-state index in [1.54, 1.807) is 22.7 Å². The Labute approximate surface area is 102 Å². The highest BCUT2D eigenvalue weighted by Gasteiger charge is 2.09. The van der Waals surface area contributed by atoms with Crippen molar-refractivity contribution in [2.45, 2.75) is 13.3 Å². The summed E-state index contributed by atoms with van der Waals surface area (Å²) in [5.41, 5.74) is 0.989. The average molecular weight is 253 g/mol. The minimum absolute atomic E-state index is 0.206. The largest absolute Gasteiger partial charge is 0.469 e. The van der Waals surface area contributed by atoms with E-state index in [0.717, 1.165) is 20.5 Å². The summed E-state index contributed by atoms with van der Waals surface area (Å²) in [6.45, 7) is 1.98. The van der Waals surface area contributed by atoms with Crippen LogP contribution in [0.5, 0.6) is 0 Å². The summed E-state index contributed by atoms with van der Waals surface area (Å²) < 4.78 is 4.63. The van der Waals surface area contributed by atoms with E-state index >= 15 is 0 Å². The van der Waals surface area contributed by atoms with Crippen molar-refractivity contribution in [2.75, 3.05) is 7.11 Å².